The first kappa shape index (κ1) is 16.4. The molecule has 0 unspecified atom stereocenters. The third kappa shape index (κ3) is 2.44. The van der Waals surface area contributed by atoms with Crippen LogP contribution in [-0.2, 0) is 6.54 Å². The molecule has 0 saturated heterocycles. The lowest BCUT2D eigenvalue weighted by atomic mass is 10.2. The van der Waals surface area contributed by atoms with Crippen molar-refractivity contribution in [1.29, 1.82) is 0 Å². The van der Waals surface area contributed by atoms with Gasteiger partial charge in [0.25, 0.3) is 0 Å². The highest BCUT2D eigenvalue weighted by atomic mass is 16.3. The summed E-state index contributed by atoms with van der Waals surface area (Å²) in [7, 11) is 0. The highest BCUT2D eigenvalue weighted by Gasteiger charge is 2.19. The van der Waals surface area contributed by atoms with E-state index in [9.17, 15) is 5.11 Å². The van der Waals surface area contributed by atoms with Crippen molar-refractivity contribution in [2.45, 2.75) is 20.4 Å². The Kier molecular flexibility index (Phi) is 3.61. The van der Waals surface area contributed by atoms with Gasteiger partial charge in [0.05, 0.1) is 10.9 Å². The number of aryl methyl sites for hydroxylation is 1. The normalized spacial score (nSPS) is 11.5. The number of para-hydroxylation sites is 1. The molecule has 1 aromatic carbocycles. The van der Waals surface area contributed by atoms with Crippen molar-refractivity contribution in [2.75, 3.05) is 0 Å². The molecule has 0 fully saturated rings. The van der Waals surface area contributed by atoms with Crippen LogP contribution in [0.15, 0.2) is 55.1 Å². The largest absolute Gasteiger partial charge is 0.507 e. The zero-order valence-corrected chi connectivity index (χ0v) is 15.5. The Labute approximate surface area is 161 Å². The minimum Gasteiger partial charge on any atom is -0.507 e. The fraction of sp³-hybridized carbons (Fsp3) is 0.143. The Balaban J connectivity index is 1.72. The molecule has 0 spiro atoms. The predicted octanol–water partition coefficient (Wildman–Crippen LogP) is 3.51. The fourth-order valence-electron chi connectivity index (χ4n) is 3.57. The van der Waals surface area contributed by atoms with Crippen molar-refractivity contribution >= 4 is 16.7 Å². The second-order valence-electron chi connectivity index (χ2n) is 6.82. The SMILES string of the molecule is Cc1c(C)n(Cc2ccncc2)c2ncn3nc(-c4ccccc4O)nc3c12. The molecule has 0 saturated carbocycles. The van der Waals surface area contributed by atoms with Gasteiger partial charge in [0.2, 0.25) is 0 Å². The van der Waals surface area contributed by atoms with Gasteiger partial charge in [-0.05, 0) is 49.2 Å². The van der Waals surface area contributed by atoms with Crippen molar-refractivity contribution in [1.82, 2.24) is 29.1 Å². The number of benzene rings is 1. The van der Waals surface area contributed by atoms with Crippen LogP contribution >= 0.6 is 0 Å². The maximum atomic E-state index is 10.2. The Morgan fingerprint density at radius 1 is 1.00 bits per heavy atom. The summed E-state index contributed by atoms with van der Waals surface area (Å²) in [5.74, 6) is 0.636. The number of aromatic nitrogens is 6. The number of rotatable bonds is 3. The van der Waals surface area contributed by atoms with E-state index >= 15 is 0 Å². The van der Waals surface area contributed by atoms with Gasteiger partial charge in [0, 0.05) is 24.6 Å². The molecule has 0 atom stereocenters. The van der Waals surface area contributed by atoms with Crippen molar-refractivity contribution in [2.24, 2.45) is 0 Å². The molecule has 0 radical (unpaired) electrons. The maximum absolute atomic E-state index is 10.2. The molecule has 0 aliphatic heterocycles. The Bertz CT molecular complexity index is 1320. The highest BCUT2D eigenvalue weighted by Crippen LogP contribution is 2.30. The lowest BCUT2D eigenvalue weighted by Crippen LogP contribution is -2.03. The monoisotopic (exact) mass is 370 g/mol. The van der Waals surface area contributed by atoms with Gasteiger partial charge >= 0.3 is 0 Å². The molecule has 7 nitrogen and oxygen atoms in total. The Hall–Kier alpha value is -3.74. The average molecular weight is 370 g/mol. The number of pyridine rings is 1. The summed E-state index contributed by atoms with van der Waals surface area (Å²) in [4.78, 5) is 13.5. The quantitative estimate of drug-likeness (QED) is 0.526. The van der Waals surface area contributed by atoms with Gasteiger partial charge < -0.3 is 9.67 Å². The van der Waals surface area contributed by atoms with E-state index in [1.54, 1.807) is 41.4 Å². The number of nitrogens with zero attached hydrogens (tertiary/aromatic N) is 6. The zero-order valence-electron chi connectivity index (χ0n) is 15.5. The van der Waals surface area contributed by atoms with E-state index in [0.29, 0.717) is 17.9 Å². The standard InChI is InChI=1S/C21H18N6O/c1-13-14(2)26(11-15-7-9-22-10-8-15)20-18(13)21-24-19(25-27(21)12-23-20)16-5-3-4-6-17(16)28/h3-10,12,28H,11H2,1-2H3. The second-order valence-corrected chi connectivity index (χ2v) is 6.82. The minimum absolute atomic E-state index is 0.158. The molecule has 28 heavy (non-hydrogen) atoms. The van der Waals surface area contributed by atoms with Crippen LogP contribution < -0.4 is 0 Å². The van der Waals surface area contributed by atoms with Crippen LogP contribution in [0.5, 0.6) is 5.75 Å². The minimum atomic E-state index is 0.158. The summed E-state index contributed by atoms with van der Waals surface area (Å²) < 4.78 is 3.86. The molecule has 0 aliphatic rings. The topological polar surface area (TPSA) is 81.1 Å². The fourth-order valence-corrected chi connectivity index (χ4v) is 3.57. The first-order chi connectivity index (χ1) is 13.6. The average Bonchev–Trinajstić information content (AvgIpc) is 3.24. The zero-order chi connectivity index (χ0) is 19.3. The molecule has 4 aromatic heterocycles. The van der Waals surface area contributed by atoms with Gasteiger partial charge in [-0.3, -0.25) is 4.98 Å². The number of hydrogen-bond acceptors (Lipinski definition) is 5. The van der Waals surface area contributed by atoms with Crippen molar-refractivity contribution in [3.05, 3.63) is 71.9 Å². The summed E-state index contributed by atoms with van der Waals surface area (Å²) in [6.07, 6.45) is 5.27. The van der Waals surface area contributed by atoms with E-state index in [1.165, 1.54) is 0 Å². The summed E-state index contributed by atoms with van der Waals surface area (Å²) in [5, 5.41) is 15.7. The maximum Gasteiger partial charge on any atom is 0.185 e. The van der Waals surface area contributed by atoms with Crippen LogP contribution in [0, 0.1) is 13.8 Å². The molecular formula is C21H18N6O. The smallest absolute Gasteiger partial charge is 0.185 e. The van der Waals surface area contributed by atoms with E-state index in [1.807, 2.05) is 18.2 Å². The number of hydrogen-bond donors (Lipinski definition) is 1. The van der Waals surface area contributed by atoms with E-state index in [2.05, 4.69) is 33.5 Å². The molecule has 138 valence electrons. The van der Waals surface area contributed by atoms with Gasteiger partial charge in [-0.25, -0.2) is 14.5 Å². The second kappa shape index (κ2) is 6.16. The van der Waals surface area contributed by atoms with Crippen LogP contribution in [0.1, 0.15) is 16.8 Å². The van der Waals surface area contributed by atoms with Crippen molar-refractivity contribution < 1.29 is 5.11 Å². The van der Waals surface area contributed by atoms with Crippen LogP contribution in [-0.4, -0.2) is 34.2 Å². The van der Waals surface area contributed by atoms with Crippen molar-refractivity contribution in [3.8, 4) is 17.1 Å². The van der Waals surface area contributed by atoms with Crippen LogP contribution in [0.4, 0.5) is 0 Å². The molecule has 5 rings (SSSR count). The van der Waals surface area contributed by atoms with Crippen molar-refractivity contribution in [3.63, 3.8) is 0 Å². The van der Waals surface area contributed by atoms with Gasteiger partial charge in [0.15, 0.2) is 11.5 Å². The third-order valence-corrected chi connectivity index (χ3v) is 5.18. The molecule has 4 heterocycles. The van der Waals surface area contributed by atoms with Crippen LogP contribution in [0.3, 0.4) is 0 Å². The lowest BCUT2D eigenvalue weighted by Gasteiger charge is -2.07. The number of fused-ring (bicyclic) bond motifs is 3. The number of aromatic hydroxyl groups is 1. The summed E-state index contributed by atoms with van der Waals surface area (Å²) in [6.45, 7) is 4.88. The first-order valence-electron chi connectivity index (χ1n) is 9.01. The summed E-state index contributed by atoms with van der Waals surface area (Å²) in [6, 6.07) is 11.1. The predicted molar refractivity (Wildman–Crippen MR) is 106 cm³/mol. The third-order valence-electron chi connectivity index (χ3n) is 5.18. The lowest BCUT2D eigenvalue weighted by molar-refractivity contribution is 0.477. The molecule has 0 aliphatic carbocycles. The van der Waals surface area contributed by atoms with Crippen LogP contribution in [0.2, 0.25) is 0 Å². The molecular weight excluding hydrogens is 352 g/mol. The Morgan fingerprint density at radius 3 is 2.57 bits per heavy atom. The molecule has 1 N–H and O–H groups in total. The summed E-state index contributed by atoms with van der Waals surface area (Å²) >= 11 is 0. The number of phenolic OH excluding ortho intramolecular Hbond substituents is 1. The molecule has 0 amide bonds. The van der Waals surface area contributed by atoms with Gasteiger partial charge in [-0.15, -0.1) is 5.10 Å². The Morgan fingerprint density at radius 2 is 1.79 bits per heavy atom. The van der Waals surface area contributed by atoms with E-state index in [0.717, 1.165) is 33.5 Å². The number of phenols is 1. The molecule has 5 aromatic rings. The van der Waals surface area contributed by atoms with Gasteiger partial charge in [-0.1, -0.05) is 12.1 Å². The molecule has 7 heteroatoms. The van der Waals surface area contributed by atoms with E-state index in [-0.39, 0.29) is 5.75 Å². The van der Waals surface area contributed by atoms with E-state index < -0.39 is 0 Å². The van der Waals surface area contributed by atoms with E-state index in [4.69, 9.17) is 4.98 Å². The van der Waals surface area contributed by atoms with Gasteiger partial charge in [0.1, 0.15) is 17.7 Å². The first-order valence-corrected chi connectivity index (χ1v) is 9.01. The summed E-state index contributed by atoms with van der Waals surface area (Å²) in [5.41, 5.74) is 5.63. The highest BCUT2D eigenvalue weighted by molar-refractivity contribution is 5.94. The van der Waals surface area contributed by atoms with Gasteiger partial charge in [-0.2, -0.15) is 0 Å². The van der Waals surface area contributed by atoms with Crippen LogP contribution in [0.25, 0.3) is 28.1 Å². The molecule has 0 bridgehead atoms.